The van der Waals surface area contributed by atoms with Crippen LogP contribution in [-0.2, 0) is 0 Å². The van der Waals surface area contributed by atoms with Crippen molar-refractivity contribution in [3.05, 3.63) is 27.8 Å². The number of anilines is 2. The van der Waals surface area contributed by atoms with E-state index >= 15 is 0 Å². The number of rotatable bonds is 6. The van der Waals surface area contributed by atoms with Gasteiger partial charge in [0.25, 0.3) is 11.6 Å². The summed E-state index contributed by atoms with van der Waals surface area (Å²) in [5, 5.41) is 25.8. The van der Waals surface area contributed by atoms with Crippen molar-refractivity contribution in [1.29, 1.82) is 0 Å². The fourth-order valence-electron chi connectivity index (χ4n) is 2.89. The highest BCUT2D eigenvalue weighted by molar-refractivity contribution is 6.02. The summed E-state index contributed by atoms with van der Waals surface area (Å²) in [6, 6.07) is 2.50. The first kappa shape index (κ1) is 24.5. The number of nitro benzene ring substituents is 1. The number of hydrogen-bond donors (Lipinski definition) is 3. The standard InChI is InChI=1S/C16H21F3N4O4.C2H6/c1-20-12-9-13(22-6-2-10(24)3-7-22)11(8-14(12)23(26)27)15(25)21-5-4-16(17,18)19;1-2/h8-10,20,24H,2-7H2,1H3,(H,21,25);1-2H3. The highest BCUT2D eigenvalue weighted by Crippen LogP contribution is 2.34. The Morgan fingerprint density at radius 2 is 1.90 bits per heavy atom. The maximum atomic E-state index is 12.4. The number of nitrogens with zero attached hydrogens (tertiary/aromatic N) is 2. The molecule has 29 heavy (non-hydrogen) atoms. The monoisotopic (exact) mass is 420 g/mol. The first-order valence-corrected chi connectivity index (χ1v) is 9.40. The normalized spacial score (nSPS) is 14.7. The third-order valence-electron chi connectivity index (χ3n) is 4.32. The number of carbonyl (C=O) groups excluding carboxylic acids is 1. The molecule has 8 nitrogen and oxygen atoms in total. The molecule has 1 saturated heterocycles. The molecule has 1 fully saturated rings. The SMILES string of the molecule is CC.CNc1cc(N2CCC(O)CC2)c(C(=O)NCCC(F)(F)F)cc1[N+](=O)[O-]. The van der Waals surface area contributed by atoms with Gasteiger partial charge in [-0.25, -0.2) is 0 Å². The van der Waals surface area contributed by atoms with Crippen LogP contribution in [0.25, 0.3) is 0 Å². The van der Waals surface area contributed by atoms with Gasteiger partial charge in [0, 0.05) is 32.7 Å². The average molecular weight is 420 g/mol. The highest BCUT2D eigenvalue weighted by atomic mass is 19.4. The van der Waals surface area contributed by atoms with Crippen LogP contribution in [0.3, 0.4) is 0 Å². The van der Waals surface area contributed by atoms with Crippen LogP contribution in [0.1, 0.15) is 43.5 Å². The molecule has 1 aromatic rings. The molecule has 0 radical (unpaired) electrons. The third-order valence-corrected chi connectivity index (χ3v) is 4.32. The number of amides is 1. The zero-order valence-corrected chi connectivity index (χ0v) is 16.7. The first-order chi connectivity index (χ1) is 13.6. The predicted molar refractivity (Wildman–Crippen MR) is 104 cm³/mol. The molecule has 0 saturated carbocycles. The van der Waals surface area contributed by atoms with E-state index in [4.69, 9.17) is 0 Å². The number of benzene rings is 1. The Hall–Kier alpha value is -2.56. The van der Waals surface area contributed by atoms with E-state index in [0.29, 0.717) is 31.6 Å². The second-order valence-corrected chi connectivity index (χ2v) is 6.23. The van der Waals surface area contributed by atoms with Crippen LogP contribution in [0.5, 0.6) is 0 Å². The molecular weight excluding hydrogens is 393 g/mol. The van der Waals surface area contributed by atoms with Crippen LogP contribution in [0.4, 0.5) is 30.2 Å². The Labute approximate surface area is 167 Å². The lowest BCUT2D eigenvalue weighted by atomic mass is 10.0. The number of alkyl halides is 3. The summed E-state index contributed by atoms with van der Waals surface area (Å²) in [6.07, 6.45) is -5.16. The zero-order chi connectivity index (χ0) is 22.2. The van der Waals surface area contributed by atoms with Gasteiger partial charge < -0.3 is 20.6 Å². The predicted octanol–water partition coefficient (Wildman–Crippen LogP) is 3.31. The number of nitro groups is 1. The van der Waals surface area contributed by atoms with Crippen LogP contribution < -0.4 is 15.5 Å². The molecule has 1 aromatic carbocycles. The molecule has 3 N–H and O–H groups in total. The molecule has 1 aliphatic rings. The van der Waals surface area contributed by atoms with Gasteiger partial charge in [-0.1, -0.05) is 13.8 Å². The Bertz CT molecular complexity index is 705. The smallest absolute Gasteiger partial charge is 0.390 e. The number of piperidine rings is 1. The van der Waals surface area contributed by atoms with Crippen LogP contribution in [0.2, 0.25) is 0 Å². The van der Waals surface area contributed by atoms with Gasteiger partial charge >= 0.3 is 6.18 Å². The van der Waals surface area contributed by atoms with Gasteiger partial charge in [-0.05, 0) is 18.9 Å². The molecule has 164 valence electrons. The number of aliphatic hydroxyl groups excluding tert-OH is 1. The minimum atomic E-state index is -4.42. The van der Waals surface area contributed by atoms with Crippen molar-refractivity contribution in [2.45, 2.75) is 45.4 Å². The van der Waals surface area contributed by atoms with Crippen molar-refractivity contribution in [3.63, 3.8) is 0 Å². The molecule has 0 unspecified atom stereocenters. The van der Waals surface area contributed by atoms with Crippen LogP contribution in [-0.4, -0.2) is 54.9 Å². The number of halogens is 3. The molecule has 0 aromatic heterocycles. The molecule has 0 atom stereocenters. The fraction of sp³-hybridized carbons (Fsp3) is 0.611. The molecule has 0 bridgehead atoms. The van der Waals surface area contributed by atoms with E-state index in [1.54, 1.807) is 4.90 Å². The fourth-order valence-corrected chi connectivity index (χ4v) is 2.89. The maximum absolute atomic E-state index is 12.4. The molecule has 11 heteroatoms. The Morgan fingerprint density at radius 3 is 2.38 bits per heavy atom. The summed E-state index contributed by atoms with van der Waals surface area (Å²) >= 11 is 0. The van der Waals surface area contributed by atoms with E-state index in [2.05, 4.69) is 10.6 Å². The zero-order valence-electron chi connectivity index (χ0n) is 16.7. The van der Waals surface area contributed by atoms with Crippen LogP contribution in [0.15, 0.2) is 12.1 Å². The van der Waals surface area contributed by atoms with E-state index in [-0.39, 0.29) is 16.9 Å². The Morgan fingerprint density at radius 1 is 1.31 bits per heavy atom. The minimum absolute atomic E-state index is 0.0701. The summed E-state index contributed by atoms with van der Waals surface area (Å²) in [4.78, 5) is 24.8. The quantitative estimate of drug-likeness (QED) is 0.481. The summed E-state index contributed by atoms with van der Waals surface area (Å²) in [6.45, 7) is 4.22. The van der Waals surface area contributed by atoms with Gasteiger partial charge in [0.05, 0.1) is 28.7 Å². The van der Waals surface area contributed by atoms with Crippen LogP contribution in [0, 0.1) is 10.1 Å². The largest absolute Gasteiger partial charge is 0.393 e. The second-order valence-electron chi connectivity index (χ2n) is 6.23. The van der Waals surface area contributed by atoms with E-state index in [1.807, 2.05) is 13.8 Å². The van der Waals surface area contributed by atoms with E-state index in [0.717, 1.165) is 6.07 Å². The van der Waals surface area contributed by atoms with Crippen molar-refractivity contribution in [3.8, 4) is 0 Å². The maximum Gasteiger partial charge on any atom is 0.390 e. The van der Waals surface area contributed by atoms with Gasteiger partial charge in [0.15, 0.2) is 0 Å². The topological polar surface area (TPSA) is 108 Å². The summed E-state index contributed by atoms with van der Waals surface area (Å²) in [5.41, 5.74) is 0.146. The third kappa shape index (κ3) is 7.08. The second kappa shape index (κ2) is 10.8. The average Bonchev–Trinajstić information content (AvgIpc) is 2.68. The van der Waals surface area contributed by atoms with Crippen molar-refractivity contribution >= 4 is 23.0 Å². The van der Waals surface area contributed by atoms with Gasteiger partial charge in [-0.3, -0.25) is 14.9 Å². The molecule has 1 heterocycles. The summed E-state index contributed by atoms with van der Waals surface area (Å²) < 4.78 is 36.9. The number of nitrogens with one attached hydrogen (secondary N) is 2. The van der Waals surface area contributed by atoms with Gasteiger partial charge in [-0.2, -0.15) is 13.2 Å². The van der Waals surface area contributed by atoms with Crippen molar-refractivity contribution < 1.29 is 28.0 Å². The van der Waals surface area contributed by atoms with Gasteiger partial charge in [0.1, 0.15) is 5.69 Å². The lowest BCUT2D eigenvalue weighted by Crippen LogP contribution is -2.37. The number of hydrogen-bond acceptors (Lipinski definition) is 6. The minimum Gasteiger partial charge on any atom is -0.393 e. The highest BCUT2D eigenvalue weighted by Gasteiger charge is 2.29. The van der Waals surface area contributed by atoms with E-state index in [9.17, 15) is 33.2 Å². The first-order valence-electron chi connectivity index (χ1n) is 9.40. The summed E-state index contributed by atoms with van der Waals surface area (Å²) in [5.74, 6) is -0.814. The van der Waals surface area contributed by atoms with E-state index in [1.165, 1.54) is 13.1 Å². The molecule has 0 spiro atoms. The number of carbonyl (C=O) groups is 1. The van der Waals surface area contributed by atoms with Crippen LogP contribution >= 0.6 is 0 Å². The van der Waals surface area contributed by atoms with Crippen molar-refractivity contribution in [2.24, 2.45) is 0 Å². The molecular formula is C18H27F3N4O4. The molecule has 1 amide bonds. The molecule has 0 aliphatic carbocycles. The lowest BCUT2D eigenvalue weighted by molar-refractivity contribution is -0.384. The Kier molecular flexibility index (Phi) is 9.15. The van der Waals surface area contributed by atoms with E-state index < -0.39 is 36.1 Å². The van der Waals surface area contributed by atoms with Gasteiger partial charge in [0.2, 0.25) is 0 Å². The summed E-state index contributed by atoms with van der Waals surface area (Å²) in [7, 11) is 1.50. The number of aliphatic hydroxyl groups is 1. The Balaban J connectivity index is 0.00000204. The van der Waals surface area contributed by atoms with Crippen molar-refractivity contribution in [1.82, 2.24) is 5.32 Å². The van der Waals surface area contributed by atoms with Crippen molar-refractivity contribution in [2.75, 3.05) is 36.9 Å². The lowest BCUT2D eigenvalue weighted by Gasteiger charge is -2.33. The van der Waals surface area contributed by atoms with Gasteiger partial charge in [-0.15, -0.1) is 0 Å². The molecule has 1 aliphatic heterocycles. The molecule has 2 rings (SSSR count).